The molecule has 1 atom stereocenters. The Balaban J connectivity index is 1.53. The number of hydrogen-bond donors (Lipinski definition) is 2. The topological polar surface area (TPSA) is 72.9 Å². The van der Waals surface area contributed by atoms with Gasteiger partial charge < -0.3 is 15.3 Å². The third-order valence-electron chi connectivity index (χ3n) is 6.11. The normalized spacial score (nSPS) is 18.2. The number of rotatable bonds is 4. The molecule has 176 valence electrons. The molecule has 0 radical (unpaired) electrons. The van der Waals surface area contributed by atoms with E-state index in [9.17, 15) is 27.9 Å². The highest BCUT2D eigenvalue weighted by atomic mass is 35.5. The predicted octanol–water partition coefficient (Wildman–Crippen LogP) is 5.39. The molecule has 2 heterocycles. The van der Waals surface area contributed by atoms with E-state index in [4.69, 9.17) is 11.6 Å². The van der Waals surface area contributed by atoms with Crippen LogP contribution in [0, 0.1) is 0 Å². The van der Waals surface area contributed by atoms with Crippen LogP contribution in [-0.2, 0) is 23.9 Å². The fourth-order valence-electron chi connectivity index (χ4n) is 4.60. The third-order valence-corrected chi connectivity index (χ3v) is 6.40. The molecular formula is C23H23ClF3N3O3. The zero-order valence-electron chi connectivity index (χ0n) is 17.7. The largest absolute Gasteiger partial charge is 0.465 e. The number of fused-ring (bicyclic) bond motifs is 1. The number of anilines is 2. The average Bonchev–Trinajstić information content (AvgIpc) is 3.16. The molecule has 1 saturated heterocycles. The summed E-state index contributed by atoms with van der Waals surface area (Å²) in [5, 5.41) is 12.5. The highest BCUT2D eigenvalue weighted by Gasteiger charge is 2.35. The van der Waals surface area contributed by atoms with Gasteiger partial charge in [0.15, 0.2) is 0 Å². The van der Waals surface area contributed by atoms with Crippen molar-refractivity contribution in [1.82, 2.24) is 4.90 Å². The van der Waals surface area contributed by atoms with Gasteiger partial charge in [0.25, 0.3) is 0 Å². The molecule has 2 aliphatic heterocycles. The first-order chi connectivity index (χ1) is 15.6. The van der Waals surface area contributed by atoms with E-state index in [2.05, 4.69) is 5.32 Å². The van der Waals surface area contributed by atoms with E-state index in [1.807, 2.05) is 0 Å². The Kier molecular flexibility index (Phi) is 6.43. The average molecular weight is 482 g/mol. The molecule has 2 aliphatic rings. The van der Waals surface area contributed by atoms with Crippen LogP contribution < -0.4 is 10.2 Å². The van der Waals surface area contributed by atoms with Gasteiger partial charge in [-0.2, -0.15) is 13.2 Å². The number of carboxylic acid groups (broad SMARTS) is 1. The maximum Gasteiger partial charge on any atom is 0.416 e. The number of nitrogens with zero attached hydrogens (tertiary/aromatic N) is 2. The lowest BCUT2D eigenvalue weighted by Crippen LogP contribution is -2.49. The zero-order chi connectivity index (χ0) is 23.8. The maximum absolute atomic E-state index is 13.4. The number of carbonyl (C=O) groups excluding carboxylic acids is 1. The Morgan fingerprint density at radius 1 is 1.15 bits per heavy atom. The smallest absolute Gasteiger partial charge is 0.416 e. The lowest BCUT2D eigenvalue weighted by molar-refractivity contribution is -0.138. The molecule has 0 aliphatic carbocycles. The van der Waals surface area contributed by atoms with Gasteiger partial charge in [0.05, 0.1) is 16.3 Å². The third kappa shape index (κ3) is 4.88. The number of hydrogen-bond acceptors (Lipinski definition) is 3. The van der Waals surface area contributed by atoms with Crippen LogP contribution in [0.25, 0.3) is 0 Å². The van der Waals surface area contributed by atoms with Crippen molar-refractivity contribution >= 4 is 35.0 Å². The van der Waals surface area contributed by atoms with Crippen LogP contribution in [0.5, 0.6) is 0 Å². The van der Waals surface area contributed by atoms with Gasteiger partial charge in [-0.05, 0) is 55.0 Å². The summed E-state index contributed by atoms with van der Waals surface area (Å²) in [5.74, 6) is -0.415. The molecule has 0 unspecified atom stereocenters. The van der Waals surface area contributed by atoms with Crippen LogP contribution in [0.1, 0.15) is 36.0 Å². The van der Waals surface area contributed by atoms with Gasteiger partial charge in [-0.3, -0.25) is 9.69 Å². The van der Waals surface area contributed by atoms with Gasteiger partial charge in [0.1, 0.15) is 6.04 Å². The van der Waals surface area contributed by atoms with Crippen LogP contribution in [0.3, 0.4) is 0 Å². The summed E-state index contributed by atoms with van der Waals surface area (Å²) >= 11 is 6.49. The fraction of sp³-hybridized carbons (Fsp3) is 0.391. The zero-order valence-corrected chi connectivity index (χ0v) is 18.4. The number of carbonyl (C=O) groups is 2. The second kappa shape index (κ2) is 9.13. The lowest BCUT2D eigenvalue weighted by atomic mass is 10.0. The quantitative estimate of drug-likeness (QED) is 0.614. The molecule has 0 saturated carbocycles. The summed E-state index contributed by atoms with van der Waals surface area (Å²) in [4.78, 5) is 27.2. The lowest BCUT2D eigenvalue weighted by Gasteiger charge is -2.32. The van der Waals surface area contributed by atoms with Crippen LogP contribution in [0.2, 0.25) is 5.02 Å². The second-order valence-electron chi connectivity index (χ2n) is 8.27. The molecule has 1 fully saturated rings. The Bertz CT molecular complexity index is 1080. The number of alkyl halides is 3. The number of piperidine rings is 1. The van der Waals surface area contributed by atoms with Crippen LogP contribution >= 0.6 is 11.6 Å². The van der Waals surface area contributed by atoms with Crippen molar-refractivity contribution in [3.8, 4) is 0 Å². The predicted molar refractivity (Wildman–Crippen MR) is 119 cm³/mol. The minimum atomic E-state index is -4.44. The number of amides is 2. The Morgan fingerprint density at radius 2 is 1.91 bits per heavy atom. The molecule has 2 aromatic rings. The minimum absolute atomic E-state index is 0.0593. The first kappa shape index (κ1) is 23.2. The van der Waals surface area contributed by atoms with Crippen LogP contribution in [0.4, 0.5) is 29.3 Å². The fourth-order valence-corrected chi connectivity index (χ4v) is 4.96. The monoisotopic (exact) mass is 481 g/mol. The van der Waals surface area contributed by atoms with Gasteiger partial charge in [-0.15, -0.1) is 0 Å². The van der Waals surface area contributed by atoms with Gasteiger partial charge in [0, 0.05) is 25.3 Å². The van der Waals surface area contributed by atoms with Crippen molar-refractivity contribution in [3.63, 3.8) is 0 Å². The van der Waals surface area contributed by atoms with Crippen LogP contribution in [0.15, 0.2) is 36.4 Å². The molecule has 2 amide bonds. The first-order valence-corrected chi connectivity index (χ1v) is 11.1. The molecule has 4 rings (SSSR count). The standard InChI is InChI=1S/C23H23ClF3N3O3/c24-18-12-16(28-21(31)19-7-3-4-9-30(19)22(32)33)11-14-8-10-29(20(14)18)13-15-5-1-2-6-17(15)23(25,26)27/h1-2,5-6,11-12,19H,3-4,7-10,13H2,(H,28,31)(H,32,33)/t19-/m1/s1. The first-order valence-electron chi connectivity index (χ1n) is 10.7. The Labute approximate surface area is 193 Å². The van der Waals surface area contributed by atoms with Crippen molar-refractivity contribution in [2.75, 3.05) is 23.3 Å². The van der Waals surface area contributed by atoms with Gasteiger partial charge in [-0.1, -0.05) is 29.8 Å². The summed E-state index contributed by atoms with van der Waals surface area (Å²) in [5.41, 5.74) is 1.40. The van der Waals surface area contributed by atoms with E-state index in [0.29, 0.717) is 48.7 Å². The molecule has 33 heavy (non-hydrogen) atoms. The van der Waals surface area contributed by atoms with Crippen molar-refractivity contribution in [2.24, 2.45) is 0 Å². The summed E-state index contributed by atoms with van der Waals surface area (Å²) in [6.07, 6.45) is -3.08. The summed E-state index contributed by atoms with van der Waals surface area (Å²) in [6, 6.07) is 8.01. The molecule has 10 heteroatoms. The van der Waals surface area contributed by atoms with Gasteiger partial charge in [-0.25, -0.2) is 4.79 Å². The van der Waals surface area contributed by atoms with E-state index in [0.717, 1.165) is 23.0 Å². The van der Waals surface area contributed by atoms with Crippen molar-refractivity contribution in [1.29, 1.82) is 0 Å². The van der Waals surface area contributed by atoms with E-state index in [1.54, 1.807) is 23.1 Å². The molecule has 0 bridgehead atoms. The summed E-state index contributed by atoms with van der Waals surface area (Å²) in [7, 11) is 0. The highest BCUT2D eigenvalue weighted by molar-refractivity contribution is 6.34. The summed E-state index contributed by atoms with van der Waals surface area (Å²) in [6.45, 7) is 0.866. The molecule has 6 nitrogen and oxygen atoms in total. The molecule has 2 aromatic carbocycles. The summed E-state index contributed by atoms with van der Waals surface area (Å²) < 4.78 is 40.1. The number of halogens is 4. The molecule has 2 N–H and O–H groups in total. The van der Waals surface area contributed by atoms with Crippen molar-refractivity contribution in [3.05, 3.63) is 58.1 Å². The van der Waals surface area contributed by atoms with Crippen molar-refractivity contribution in [2.45, 2.75) is 44.4 Å². The maximum atomic E-state index is 13.4. The van der Waals surface area contributed by atoms with E-state index in [-0.39, 0.29) is 12.1 Å². The Hall–Kier alpha value is -2.94. The molecule has 0 aromatic heterocycles. The number of likely N-dealkylation sites (tertiary alicyclic amines) is 1. The number of benzene rings is 2. The van der Waals surface area contributed by atoms with Gasteiger partial charge >= 0.3 is 12.3 Å². The SMILES string of the molecule is O=C(Nc1cc(Cl)c2c(c1)CCN2Cc1ccccc1C(F)(F)F)[C@H]1CCCCN1C(=O)O. The van der Waals surface area contributed by atoms with E-state index >= 15 is 0 Å². The minimum Gasteiger partial charge on any atom is -0.465 e. The number of nitrogens with one attached hydrogen (secondary N) is 1. The van der Waals surface area contributed by atoms with Crippen LogP contribution in [-0.4, -0.2) is 41.1 Å². The molecular weight excluding hydrogens is 459 g/mol. The van der Waals surface area contributed by atoms with E-state index in [1.165, 1.54) is 12.1 Å². The second-order valence-corrected chi connectivity index (χ2v) is 8.68. The van der Waals surface area contributed by atoms with E-state index < -0.39 is 29.8 Å². The van der Waals surface area contributed by atoms with Gasteiger partial charge in [0.2, 0.25) is 5.91 Å². The Morgan fingerprint density at radius 3 is 2.64 bits per heavy atom. The molecule has 0 spiro atoms. The highest BCUT2D eigenvalue weighted by Crippen LogP contribution is 2.40. The van der Waals surface area contributed by atoms with Crippen molar-refractivity contribution < 1.29 is 27.9 Å².